The normalized spacial score (nSPS) is 22.7. The van der Waals surface area contributed by atoms with Gasteiger partial charge in [0.05, 0.1) is 5.41 Å². The first-order valence-electron chi connectivity index (χ1n) is 11.3. The quantitative estimate of drug-likeness (QED) is 0.688. The second-order valence-corrected chi connectivity index (χ2v) is 9.53. The van der Waals surface area contributed by atoms with Gasteiger partial charge in [0.15, 0.2) is 0 Å². The van der Waals surface area contributed by atoms with Crippen LogP contribution in [0.25, 0.3) is 0 Å². The SMILES string of the molecule is CN(C)c1ccnc(NC2CCC(NC(=O)C3(c4ccc(Cl)cc4)CCCC3)CC2)n1. The van der Waals surface area contributed by atoms with E-state index in [1.165, 1.54) is 0 Å². The maximum Gasteiger partial charge on any atom is 0.230 e. The summed E-state index contributed by atoms with van der Waals surface area (Å²) in [5, 5.41) is 7.57. The van der Waals surface area contributed by atoms with Gasteiger partial charge >= 0.3 is 0 Å². The average Bonchev–Trinajstić information content (AvgIpc) is 3.27. The third kappa shape index (κ3) is 4.95. The van der Waals surface area contributed by atoms with Crippen molar-refractivity contribution < 1.29 is 4.79 Å². The van der Waals surface area contributed by atoms with Gasteiger partial charge < -0.3 is 15.5 Å². The number of carbonyl (C=O) groups is 1. The average molecular weight is 442 g/mol. The summed E-state index contributed by atoms with van der Waals surface area (Å²) in [7, 11) is 3.95. The lowest BCUT2D eigenvalue weighted by Crippen LogP contribution is -2.48. The van der Waals surface area contributed by atoms with Gasteiger partial charge in [-0.2, -0.15) is 4.98 Å². The molecule has 2 aliphatic carbocycles. The van der Waals surface area contributed by atoms with Crippen molar-refractivity contribution in [2.75, 3.05) is 24.3 Å². The zero-order valence-electron chi connectivity index (χ0n) is 18.4. The number of benzene rings is 1. The molecule has 1 amide bonds. The lowest BCUT2D eigenvalue weighted by molar-refractivity contribution is -0.127. The molecule has 7 heteroatoms. The zero-order valence-corrected chi connectivity index (χ0v) is 19.2. The lowest BCUT2D eigenvalue weighted by atomic mass is 9.77. The van der Waals surface area contributed by atoms with Crippen LogP contribution in [0.5, 0.6) is 0 Å². The second kappa shape index (κ2) is 9.43. The number of halogens is 1. The van der Waals surface area contributed by atoms with Crippen LogP contribution in [0.3, 0.4) is 0 Å². The fourth-order valence-electron chi connectivity index (χ4n) is 4.95. The Morgan fingerprint density at radius 1 is 1.03 bits per heavy atom. The van der Waals surface area contributed by atoms with Gasteiger partial charge in [0.1, 0.15) is 5.82 Å². The standard InChI is InChI=1S/C24H32ClN5O/c1-30(2)21-13-16-26-23(29-21)28-20-11-9-19(10-12-20)27-22(31)24(14-3-4-15-24)17-5-7-18(25)8-6-17/h5-8,13,16,19-20H,3-4,9-12,14-15H2,1-2H3,(H,27,31)(H,26,28,29). The predicted octanol–water partition coefficient (Wildman–Crippen LogP) is 4.55. The molecule has 2 N–H and O–H groups in total. The van der Waals surface area contributed by atoms with Crippen LogP contribution in [0, 0.1) is 0 Å². The van der Waals surface area contributed by atoms with E-state index in [0.717, 1.165) is 62.7 Å². The molecular formula is C24H32ClN5O. The fraction of sp³-hybridized carbons (Fsp3) is 0.542. The first-order chi connectivity index (χ1) is 15.0. The monoisotopic (exact) mass is 441 g/mol. The molecule has 4 rings (SSSR count). The summed E-state index contributed by atoms with van der Waals surface area (Å²) in [4.78, 5) is 24.3. The molecule has 31 heavy (non-hydrogen) atoms. The Morgan fingerprint density at radius 2 is 1.68 bits per heavy atom. The third-order valence-electron chi connectivity index (χ3n) is 6.78. The summed E-state index contributed by atoms with van der Waals surface area (Å²) < 4.78 is 0. The maximum atomic E-state index is 13.4. The van der Waals surface area contributed by atoms with E-state index in [0.29, 0.717) is 17.0 Å². The van der Waals surface area contributed by atoms with Crippen LogP contribution in [0.1, 0.15) is 56.9 Å². The number of anilines is 2. The molecule has 0 radical (unpaired) electrons. The number of hydrogen-bond donors (Lipinski definition) is 2. The molecule has 6 nitrogen and oxygen atoms in total. The molecule has 1 aromatic carbocycles. The summed E-state index contributed by atoms with van der Waals surface area (Å²) >= 11 is 6.08. The van der Waals surface area contributed by atoms with E-state index in [1.807, 2.05) is 49.3 Å². The van der Waals surface area contributed by atoms with Crippen molar-refractivity contribution in [3.8, 4) is 0 Å². The van der Waals surface area contributed by atoms with Gasteiger partial charge in [-0.25, -0.2) is 4.98 Å². The van der Waals surface area contributed by atoms with E-state index in [-0.39, 0.29) is 11.9 Å². The van der Waals surface area contributed by atoms with Crippen LogP contribution in [0.15, 0.2) is 36.5 Å². The number of aromatic nitrogens is 2. The Balaban J connectivity index is 1.34. The summed E-state index contributed by atoms with van der Waals surface area (Å²) in [5.74, 6) is 1.75. The van der Waals surface area contributed by atoms with Crippen LogP contribution < -0.4 is 15.5 Å². The summed E-state index contributed by atoms with van der Waals surface area (Å²) in [6.07, 6.45) is 9.73. The fourth-order valence-corrected chi connectivity index (χ4v) is 5.08. The number of rotatable bonds is 6. The van der Waals surface area contributed by atoms with Crippen LogP contribution >= 0.6 is 11.6 Å². The van der Waals surface area contributed by atoms with E-state index >= 15 is 0 Å². The summed E-state index contributed by atoms with van der Waals surface area (Å²) in [6, 6.07) is 10.3. The number of carbonyl (C=O) groups excluding carboxylic acids is 1. The molecule has 1 heterocycles. The molecule has 0 bridgehead atoms. The van der Waals surface area contributed by atoms with Crippen molar-refractivity contribution in [2.45, 2.75) is 68.9 Å². The van der Waals surface area contributed by atoms with Gasteiger partial charge in [-0.1, -0.05) is 36.6 Å². The highest BCUT2D eigenvalue weighted by Gasteiger charge is 2.43. The minimum absolute atomic E-state index is 0.186. The van der Waals surface area contributed by atoms with Crippen molar-refractivity contribution >= 4 is 29.3 Å². The minimum atomic E-state index is -0.403. The van der Waals surface area contributed by atoms with Crippen molar-refractivity contribution in [3.05, 3.63) is 47.1 Å². The van der Waals surface area contributed by atoms with E-state index < -0.39 is 5.41 Å². The topological polar surface area (TPSA) is 70.2 Å². The Labute approximate surface area is 189 Å². The molecule has 0 unspecified atom stereocenters. The predicted molar refractivity (Wildman–Crippen MR) is 126 cm³/mol. The molecule has 0 spiro atoms. The number of hydrogen-bond acceptors (Lipinski definition) is 5. The van der Waals surface area contributed by atoms with Crippen molar-refractivity contribution in [1.29, 1.82) is 0 Å². The van der Waals surface area contributed by atoms with Crippen LogP contribution in [0.4, 0.5) is 11.8 Å². The smallest absolute Gasteiger partial charge is 0.230 e. The van der Waals surface area contributed by atoms with Gasteiger partial charge in [-0.15, -0.1) is 0 Å². The molecule has 0 aliphatic heterocycles. The first kappa shape index (κ1) is 21.9. The van der Waals surface area contributed by atoms with E-state index in [4.69, 9.17) is 11.6 Å². The van der Waals surface area contributed by atoms with Gasteiger partial charge in [0.25, 0.3) is 0 Å². The molecule has 2 saturated carbocycles. The van der Waals surface area contributed by atoms with Gasteiger partial charge in [-0.05, 0) is 62.3 Å². The molecular weight excluding hydrogens is 410 g/mol. The van der Waals surface area contributed by atoms with Crippen LogP contribution in [0.2, 0.25) is 5.02 Å². The first-order valence-corrected chi connectivity index (χ1v) is 11.7. The molecule has 166 valence electrons. The van der Waals surface area contributed by atoms with Gasteiger partial charge in [0.2, 0.25) is 11.9 Å². The maximum absolute atomic E-state index is 13.4. The van der Waals surface area contributed by atoms with Crippen LogP contribution in [-0.4, -0.2) is 42.1 Å². The minimum Gasteiger partial charge on any atom is -0.363 e. The van der Waals surface area contributed by atoms with E-state index in [1.54, 1.807) is 6.20 Å². The molecule has 1 aromatic heterocycles. The zero-order chi connectivity index (χ0) is 21.8. The highest BCUT2D eigenvalue weighted by molar-refractivity contribution is 6.30. The number of nitrogens with one attached hydrogen (secondary N) is 2. The summed E-state index contributed by atoms with van der Waals surface area (Å²) in [6.45, 7) is 0. The third-order valence-corrected chi connectivity index (χ3v) is 7.04. The molecule has 0 saturated heterocycles. The molecule has 2 aromatic rings. The van der Waals surface area contributed by atoms with Crippen molar-refractivity contribution in [1.82, 2.24) is 15.3 Å². The molecule has 0 atom stereocenters. The Bertz CT molecular complexity index is 887. The van der Waals surface area contributed by atoms with Crippen molar-refractivity contribution in [3.63, 3.8) is 0 Å². The van der Waals surface area contributed by atoms with Crippen molar-refractivity contribution in [2.24, 2.45) is 0 Å². The Morgan fingerprint density at radius 3 is 2.32 bits per heavy atom. The van der Waals surface area contributed by atoms with E-state index in [9.17, 15) is 4.79 Å². The van der Waals surface area contributed by atoms with E-state index in [2.05, 4.69) is 20.6 Å². The lowest BCUT2D eigenvalue weighted by Gasteiger charge is -2.34. The largest absolute Gasteiger partial charge is 0.363 e. The molecule has 2 fully saturated rings. The number of nitrogens with zero attached hydrogens (tertiary/aromatic N) is 3. The summed E-state index contributed by atoms with van der Waals surface area (Å²) in [5.41, 5.74) is 0.695. The van der Waals surface area contributed by atoms with Gasteiger partial charge in [-0.3, -0.25) is 4.79 Å². The Kier molecular flexibility index (Phi) is 6.65. The molecule has 2 aliphatic rings. The number of amides is 1. The highest BCUT2D eigenvalue weighted by Crippen LogP contribution is 2.42. The van der Waals surface area contributed by atoms with Gasteiger partial charge in [0, 0.05) is 37.4 Å². The Hall–Kier alpha value is -2.34. The highest BCUT2D eigenvalue weighted by atomic mass is 35.5. The van der Waals surface area contributed by atoms with Crippen LogP contribution in [-0.2, 0) is 10.2 Å². The second-order valence-electron chi connectivity index (χ2n) is 9.10.